The Kier molecular flexibility index (Phi) is 4.60. The molecule has 0 radical (unpaired) electrons. The zero-order valence-corrected chi connectivity index (χ0v) is 14.5. The number of ether oxygens (including phenoxy) is 1. The minimum absolute atomic E-state index is 0.758. The Bertz CT molecular complexity index is 694. The first-order valence-corrected chi connectivity index (χ1v) is 8.74. The highest BCUT2D eigenvalue weighted by atomic mass is 16.5. The fourth-order valence-corrected chi connectivity index (χ4v) is 3.23. The van der Waals surface area contributed by atoms with E-state index < -0.39 is 0 Å². The van der Waals surface area contributed by atoms with E-state index in [9.17, 15) is 0 Å². The van der Waals surface area contributed by atoms with Crippen LogP contribution in [0.3, 0.4) is 0 Å². The molecule has 25 heavy (non-hydrogen) atoms. The van der Waals surface area contributed by atoms with Crippen LogP contribution in [0.15, 0.2) is 24.5 Å². The van der Waals surface area contributed by atoms with Crippen molar-refractivity contribution in [2.24, 2.45) is 0 Å². The monoisotopic (exact) mass is 341 g/mol. The second kappa shape index (κ2) is 7.18. The average molecular weight is 341 g/mol. The summed E-state index contributed by atoms with van der Waals surface area (Å²) in [5.41, 5.74) is 0.997. The Hall–Kier alpha value is -2.48. The van der Waals surface area contributed by atoms with Crippen LogP contribution in [0.5, 0.6) is 0 Å². The Balaban J connectivity index is 1.37. The zero-order chi connectivity index (χ0) is 17.1. The topological polar surface area (TPSA) is 70.5 Å². The van der Waals surface area contributed by atoms with Crippen LogP contribution in [-0.4, -0.2) is 72.6 Å². The highest BCUT2D eigenvalue weighted by Gasteiger charge is 2.20. The molecule has 0 saturated carbocycles. The second-order valence-electron chi connectivity index (χ2n) is 6.34. The van der Waals surface area contributed by atoms with Gasteiger partial charge in [-0.25, -0.2) is 9.97 Å². The lowest BCUT2D eigenvalue weighted by Gasteiger charge is -2.36. The molecule has 4 heterocycles. The molecule has 2 aliphatic heterocycles. The number of aromatic nitrogens is 4. The van der Waals surface area contributed by atoms with Gasteiger partial charge in [-0.2, -0.15) is 0 Å². The molecule has 2 aromatic heterocycles. The van der Waals surface area contributed by atoms with Crippen LogP contribution in [0.4, 0.5) is 17.5 Å². The average Bonchev–Trinajstić information content (AvgIpc) is 2.69. The zero-order valence-electron chi connectivity index (χ0n) is 14.5. The molecule has 4 rings (SSSR count). The number of rotatable bonds is 3. The predicted molar refractivity (Wildman–Crippen MR) is 96.3 cm³/mol. The first-order valence-electron chi connectivity index (χ1n) is 8.74. The van der Waals surface area contributed by atoms with Crippen molar-refractivity contribution in [1.82, 2.24) is 20.2 Å². The van der Waals surface area contributed by atoms with Crippen molar-refractivity contribution in [3.63, 3.8) is 0 Å². The highest BCUT2D eigenvalue weighted by molar-refractivity contribution is 5.48. The first-order chi connectivity index (χ1) is 12.3. The number of morpholine rings is 1. The number of aryl methyl sites for hydroxylation is 1. The van der Waals surface area contributed by atoms with Gasteiger partial charge < -0.3 is 19.4 Å². The Morgan fingerprint density at radius 3 is 1.88 bits per heavy atom. The molecule has 132 valence electrons. The van der Waals surface area contributed by atoms with E-state index in [1.807, 2.05) is 13.0 Å². The largest absolute Gasteiger partial charge is 0.378 e. The van der Waals surface area contributed by atoms with Crippen molar-refractivity contribution in [1.29, 1.82) is 0 Å². The third-order valence-corrected chi connectivity index (χ3v) is 4.69. The molecule has 0 aliphatic carbocycles. The maximum absolute atomic E-state index is 5.38. The Morgan fingerprint density at radius 2 is 1.32 bits per heavy atom. The minimum Gasteiger partial charge on any atom is -0.378 e. The summed E-state index contributed by atoms with van der Waals surface area (Å²) in [6.45, 7) is 8.93. The van der Waals surface area contributed by atoms with Crippen LogP contribution in [0.25, 0.3) is 0 Å². The van der Waals surface area contributed by atoms with Crippen LogP contribution < -0.4 is 14.7 Å². The van der Waals surface area contributed by atoms with E-state index in [4.69, 9.17) is 4.74 Å². The van der Waals surface area contributed by atoms with Crippen molar-refractivity contribution in [2.75, 3.05) is 67.2 Å². The second-order valence-corrected chi connectivity index (χ2v) is 6.34. The van der Waals surface area contributed by atoms with Gasteiger partial charge in [0.05, 0.1) is 13.2 Å². The summed E-state index contributed by atoms with van der Waals surface area (Å²) in [6.07, 6.45) is 1.63. The minimum atomic E-state index is 0.758. The van der Waals surface area contributed by atoms with Crippen molar-refractivity contribution in [3.05, 3.63) is 30.2 Å². The van der Waals surface area contributed by atoms with E-state index in [0.29, 0.717) is 0 Å². The molecule has 2 saturated heterocycles. The van der Waals surface area contributed by atoms with Crippen molar-refractivity contribution < 1.29 is 4.74 Å². The normalized spacial score (nSPS) is 18.5. The smallest absolute Gasteiger partial charge is 0.151 e. The van der Waals surface area contributed by atoms with E-state index >= 15 is 0 Å². The predicted octanol–water partition coefficient (Wildman–Crippen LogP) is 0.738. The molecule has 0 atom stereocenters. The summed E-state index contributed by atoms with van der Waals surface area (Å²) >= 11 is 0. The summed E-state index contributed by atoms with van der Waals surface area (Å²) in [4.78, 5) is 15.3. The van der Waals surface area contributed by atoms with E-state index in [0.717, 1.165) is 75.6 Å². The Morgan fingerprint density at radius 1 is 0.760 bits per heavy atom. The van der Waals surface area contributed by atoms with Gasteiger partial charge in [-0.05, 0) is 19.1 Å². The maximum Gasteiger partial charge on any atom is 0.151 e. The van der Waals surface area contributed by atoms with Gasteiger partial charge in [0.25, 0.3) is 0 Å². The number of anilines is 3. The number of hydrogen-bond acceptors (Lipinski definition) is 8. The summed E-state index contributed by atoms with van der Waals surface area (Å²) in [6, 6.07) is 6.17. The lowest BCUT2D eigenvalue weighted by Crippen LogP contribution is -2.47. The number of piperazine rings is 1. The molecule has 8 nitrogen and oxygen atoms in total. The fourth-order valence-electron chi connectivity index (χ4n) is 3.23. The molecule has 2 fully saturated rings. The van der Waals surface area contributed by atoms with E-state index in [-0.39, 0.29) is 0 Å². The molecule has 0 spiro atoms. The number of hydrogen-bond donors (Lipinski definition) is 0. The Labute approximate surface area is 147 Å². The van der Waals surface area contributed by atoms with Gasteiger partial charge in [0.2, 0.25) is 0 Å². The molecular formula is C17H23N7O. The molecule has 8 heteroatoms. The van der Waals surface area contributed by atoms with Crippen LogP contribution in [0.1, 0.15) is 5.69 Å². The van der Waals surface area contributed by atoms with Gasteiger partial charge >= 0.3 is 0 Å². The molecule has 0 aromatic carbocycles. The van der Waals surface area contributed by atoms with Crippen LogP contribution >= 0.6 is 0 Å². The molecule has 2 aromatic rings. The molecule has 0 amide bonds. The van der Waals surface area contributed by atoms with Gasteiger partial charge in [0, 0.05) is 51.0 Å². The fraction of sp³-hybridized carbons (Fsp3) is 0.529. The molecule has 0 bridgehead atoms. The maximum atomic E-state index is 5.38. The van der Waals surface area contributed by atoms with Crippen LogP contribution in [-0.2, 0) is 4.74 Å². The van der Waals surface area contributed by atoms with Gasteiger partial charge in [-0.1, -0.05) is 0 Å². The highest BCUT2D eigenvalue weighted by Crippen LogP contribution is 2.19. The van der Waals surface area contributed by atoms with Crippen molar-refractivity contribution in [3.8, 4) is 0 Å². The lowest BCUT2D eigenvalue weighted by atomic mass is 10.3. The van der Waals surface area contributed by atoms with Gasteiger partial charge in [0.1, 0.15) is 12.1 Å². The van der Waals surface area contributed by atoms with Gasteiger partial charge in [0.15, 0.2) is 11.6 Å². The van der Waals surface area contributed by atoms with E-state index in [1.54, 1.807) is 6.33 Å². The van der Waals surface area contributed by atoms with Gasteiger partial charge in [-0.3, -0.25) is 0 Å². The molecular weight excluding hydrogens is 318 g/mol. The summed E-state index contributed by atoms with van der Waals surface area (Å²) < 4.78 is 5.38. The van der Waals surface area contributed by atoms with Crippen LogP contribution in [0, 0.1) is 6.92 Å². The summed E-state index contributed by atoms with van der Waals surface area (Å²) in [5.74, 6) is 2.87. The molecule has 2 aliphatic rings. The van der Waals surface area contributed by atoms with Crippen LogP contribution in [0.2, 0.25) is 0 Å². The quantitative estimate of drug-likeness (QED) is 0.810. The third kappa shape index (κ3) is 3.63. The van der Waals surface area contributed by atoms with Crippen molar-refractivity contribution >= 4 is 17.5 Å². The first kappa shape index (κ1) is 16.0. The molecule has 0 unspecified atom stereocenters. The lowest BCUT2D eigenvalue weighted by molar-refractivity contribution is 0.122. The van der Waals surface area contributed by atoms with Crippen molar-refractivity contribution in [2.45, 2.75) is 6.92 Å². The summed E-state index contributed by atoms with van der Waals surface area (Å²) in [5, 5.41) is 8.85. The standard InChI is InChI=1S/C17H23N7O/c1-14-12-17(19-13-18-14)23-6-4-22(5-7-23)15-2-3-16(21-20-15)24-8-10-25-11-9-24/h2-3,12-13H,4-11H2,1H3. The van der Waals surface area contributed by atoms with Gasteiger partial charge in [-0.15, -0.1) is 10.2 Å². The van der Waals surface area contributed by atoms with E-state index in [1.165, 1.54) is 0 Å². The third-order valence-electron chi connectivity index (χ3n) is 4.69. The SMILES string of the molecule is Cc1cc(N2CCN(c3ccc(N4CCOCC4)nn3)CC2)ncn1. The van der Waals surface area contributed by atoms with E-state index in [2.05, 4.69) is 47.0 Å². The molecule has 0 N–H and O–H groups in total. The summed E-state index contributed by atoms with van der Waals surface area (Å²) in [7, 11) is 0. The number of nitrogens with zero attached hydrogens (tertiary/aromatic N) is 7.